The summed E-state index contributed by atoms with van der Waals surface area (Å²) >= 11 is 6.26. The Balaban J connectivity index is 1.58. The summed E-state index contributed by atoms with van der Waals surface area (Å²) in [6.45, 7) is 2.12. The fourth-order valence-corrected chi connectivity index (χ4v) is 3.65. The van der Waals surface area contributed by atoms with Crippen molar-refractivity contribution < 1.29 is 24.2 Å². The number of carbonyl (C=O) groups is 3. The van der Waals surface area contributed by atoms with Gasteiger partial charge in [-0.3, -0.25) is 9.59 Å². The number of hydrogen-bond donors (Lipinski definition) is 5. The summed E-state index contributed by atoms with van der Waals surface area (Å²) in [6.07, 6.45) is 4.05. The number of halogens is 1. The van der Waals surface area contributed by atoms with Crippen LogP contribution >= 0.6 is 11.6 Å². The normalized spacial score (nSPS) is 12.2. The van der Waals surface area contributed by atoms with Crippen LogP contribution in [-0.2, 0) is 11.3 Å². The number of carbonyl (C=O) groups excluding carboxylic acids is 3. The van der Waals surface area contributed by atoms with Gasteiger partial charge in [0, 0.05) is 25.5 Å². The molecule has 2 atom stereocenters. The van der Waals surface area contributed by atoms with E-state index in [1.165, 1.54) is 18.7 Å². The average Bonchev–Trinajstić information content (AvgIpc) is 2.91. The van der Waals surface area contributed by atoms with Crippen LogP contribution in [0.1, 0.15) is 47.4 Å². The molecule has 0 aliphatic carbocycles. The smallest absolute Gasteiger partial charge is 0.312 e. The van der Waals surface area contributed by atoms with Gasteiger partial charge in [0.05, 0.1) is 16.7 Å². The first-order chi connectivity index (χ1) is 18.2. The van der Waals surface area contributed by atoms with Crippen LogP contribution in [0, 0.1) is 0 Å². The number of aliphatic hydroxyl groups is 1. The minimum atomic E-state index is -0.855. The standard InChI is InChI=1S/C26H29ClN6O5/c1-16(34)18-6-9-23(21(27)11-18)38-20-7-4-17(5-8-20)12-32-25(36)22(3-2-10-31-26(28)37)33-24(35)19-13-29-15-30-14-19/h4-9,11,13-16,22,34H,2-3,10,12H2,1H3,(H,32,36)(H,33,35)(H3,28,31,37). The molecule has 1 heterocycles. The van der Waals surface area contributed by atoms with E-state index in [0.717, 1.165) is 5.56 Å². The Morgan fingerprint density at radius 1 is 1.08 bits per heavy atom. The van der Waals surface area contributed by atoms with Crippen molar-refractivity contribution in [2.75, 3.05) is 6.54 Å². The van der Waals surface area contributed by atoms with Crippen LogP contribution < -0.4 is 26.4 Å². The number of ether oxygens (including phenoxy) is 1. The molecule has 3 aromatic rings. The van der Waals surface area contributed by atoms with Crippen LogP contribution in [0.3, 0.4) is 0 Å². The molecule has 0 fully saturated rings. The number of urea groups is 1. The number of rotatable bonds is 12. The van der Waals surface area contributed by atoms with Crippen molar-refractivity contribution in [3.63, 3.8) is 0 Å². The summed E-state index contributed by atoms with van der Waals surface area (Å²) in [6, 6.07) is 10.6. The maximum atomic E-state index is 12.9. The lowest BCUT2D eigenvalue weighted by molar-refractivity contribution is -0.123. The van der Waals surface area contributed by atoms with E-state index in [0.29, 0.717) is 28.5 Å². The van der Waals surface area contributed by atoms with Crippen molar-refractivity contribution in [1.82, 2.24) is 25.9 Å². The Morgan fingerprint density at radius 2 is 1.79 bits per heavy atom. The van der Waals surface area contributed by atoms with E-state index in [1.54, 1.807) is 49.4 Å². The minimum Gasteiger partial charge on any atom is -0.456 e. The average molecular weight is 541 g/mol. The van der Waals surface area contributed by atoms with Crippen LogP contribution in [0.2, 0.25) is 5.02 Å². The van der Waals surface area contributed by atoms with Gasteiger partial charge in [-0.2, -0.15) is 0 Å². The Bertz CT molecular complexity index is 1240. The number of nitrogens with two attached hydrogens (primary N) is 1. The van der Waals surface area contributed by atoms with Crippen molar-refractivity contribution in [2.45, 2.75) is 38.5 Å². The molecule has 6 N–H and O–H groups in total. The lowest BCUT2D eigenvalue weighted by atomic mass is 10.1. The largest absolute Gasteiger partial charge is 0.456 e. The number of primary amides is 1. The van der Waals surface area contributed by atoms with Crippen molar-refractivity contribution in [1.29, 1.82) is 0 Å². The maximum Gasteiger partial charge on any atom is 0.312 e. The number of nitrogens with one attached hydrogen (secondary N) is 3. The van der Waals surface area contributed by atoms with Crippen molar-refractivity contribution in [3.05, 3.63) is 82.9 Å². The highest BCUT2D eigenvalue weighted by atomic mass is 35.5. The zero-order valence-corrected chi connectivity index (χ0v) is 21.4. The third-order valence-electron chi connectivity index (χ3n) is 5.47. The van der Waals surface area contributed by atoms with Gasteiger partial charge in [-0.05, 0) is 55.2 Å². The quantitative estimate of drug-likeness (QED) is 0.220. The van der Waals surface area contributed by atoms with Gasteiger partial charge < -0.3 is 31.5 Å². The first-order valence-electron chi connectivity index (χ1n) is 11.8. The summed E-state index contributed by atoms with van der Waals surface area (Å²) < 4.78 is 5.82. The molecule has 0 saturated carbocycles. The van der Waals surface area contributed by atoms with E-state index in [2.05, 4.69) is 25.9 Å². The van der Waals surface area contributed by atoms with Crippen molar-refractivity contribution in [2.24, 2.45) is 5.73 Å². The summed E-state index contributed by atoms with van der Waals surface area (Å²) in [5.41, 5.74) is 6.79. The second-order valence-corrected chi connectivity index (χ2v) is 8.82. The van der Waals surface area contributed by atoms with E-state index in [9.17, 15) is 19.5 Å². The molecule has 0 aliphatic heterocycles. The molecule has 200 valence electrons. The number of aliphatic hydroxyl groups excluding tert-OH is 1. The Morgan fingerprint density at radius 3 is 2.42 bits per heavy atom. The van der Waals surface area contributed by atoms with Crippen LogP contribution in [0.25, 0.3) is 0 Å². The van der Waals surface area contributed by atoms with Gasteiger partial charge in [0.25, 0.3) is 5.91 Å². The van der Waals surface area contributed by atoms with Gasteiger partial charge in [-0.1, -0.05) is 29.8 Å². The molecule has 2 unspecified atom stereocenters. The highest BCUT2D eigenvalue weighted by molar-refractivity contribution is 6.32. The van der Waals surface area contributed by atoms with E-state index in [1.807, 2.05) is 0 Å². The fourth-order valence-electron chi connectivity index (χ4n) is 3.42. The lowest BCUT2D eigenvalue weighted by Crippen LogP contribution is -2.47. The molecule has 0 saturated heterocycles. The predicted octanol–water partition coefficient (Wildman–Crippen LogP) is 2.84. The first kappa shape index (κ1) is 28.4. The number of nitrogens with zero attached hydrogens (tertiary/aromatic N) is 2. The monoisotopic (exact) mass is 540 g/mol. The summed E-state index contributed by atoms with van der Waals surface area (Å²) in [7, 11) is 0. The third kappa shape index (κ3) is 8.71. The second kappa shape index (κ2) is 13.9. The minimum absolute atomic E-state index is 0.212. The van der Waals surface area contributed by atoms with Gasteiger partial charge in [0.1, 0.15) is 23.9 Å². The van der Waals surface area contributed by atoms with Crippen LogP contribution in [0.15, 0.2) is 61.2 Å². The molecular weight excluding hydrogens is 512 g/mol. The Hall–Kier alpha value is -4.22. The highest BCUT2D eigenvalue weighted by Crippen LogP contribution is 2.31. The maximum absolute atomic E-state index is 12.9. The van der Waals surface area contributed by atoms with Gasteiger partial charge >= 0.3 is 6.03 Å². The molecular formula is C26H29ClN6O5. The molecule has 0 aliphatic rings. The molecule has 4 amide bonds. The van der Waals surface area contributed by atoms with Gasteiger partial charge in [-0.25, -0.2) is 14.8 Å². The van der Waals surface area contributed by atoms with Gasteiger partial charge in [0.2, 0.25) is 5.91 Å². The van der Waals surface area contributed by atoms with E-state index in [-0.39, 0.29) is 31.0 Å². The Labute approximate surface area is 224 Å². The highest BCUT2D eigenvalue weighted by Gasteiger charge is 2.21. The molecule has 0 radical (unpaired) electrons. The molecule has 38 heavy (non-hydrogen) atoms. The molecule has 11 nitrogen and oxygen atoms in total. The van der Waals surface area contributed by atoms with E-state index >= 15 is 0 Å². The zero-order chi connectivity index (χ0) is 27.5. The van der Waals surface area contributed by atoms with E-state index < -0.39 is 24.1 Å². The number of amides is 4. The summed E-state index contributed by atoms with van der Waals surface area (Å²) in [5, 5.41) is 18.0. The molecule has 0 spiro atoms. The van der Waals surface area contributed by atoms with Gasteiger partial charge in [0.15, 0.2) is 0 Å². The molecule has 1 aromatic heterocycles. The van der Waals surface area contributed by atoms with Crippen molar-refractivity contribution >= 4 is 29.4 Å². The number of hydrogen-bond acceptors (Lipinski definition) is 7. The fraction of sp³-hybridized carbons (Fsp3) is 0.269. The number of benzene rings is 2. The number of aromatic nitrogens is 2. The zero-order valence-electron chi connectivity index (χ0n) is 20.7. The van der Waals surface area contributed by atoms with Gasteiger partial charge in [-0.15, -0.1) is 0 Å². The van der Waals surface area contributed by atoms with E-state index in [4.69, 9.17) is 22.1 Å². The second-order valence-electron chi connectivity index (χ2n) is 8.42. The van der Waals surface area contributed by atoms with Crippen LogP contribution in [-0.4, -0.2) is 45.5 Å². The molecule has 12 heteroatoms. The predicted molar refractivity (Wildman–Crippen MR) is 141 cm³/mol. The molecule has 0 bridgehead atoms. The third-order valence-corrected chi connectivity index (χ3v) is 5.76. The SMILES string of the molecule is CC(O)c1ccc(Oc2ccc(CNC(=O)C(CCCNC(N)=O)NC(=O)c3cncnc3)cc2)c(Cl)c1. The van der Waals surface area contributed by atoms with Crippen LogP contribution in [0.4, 0.5) is 4.79 Å². The molecule has 2 aromatic carbocycles. The Kier molecular flexibility index (Phi) is 10.4. The summed E-state index contributed by atoms with van der Waals surface area (Å²) in [5.74, 6) is 0.115. The van der Waals surface area contributed by atoms with Crippen molar-refractivity contribution in [3.8, 4) is 11.5 Å². The lowest BCUT2D eigenvalue weighted by Gasteiger charge is -2.18. The van der Waals surface area contributed by atoms with Crippen LogP contribution in [0.5, 0.6) is 11.5 Å². The summed E-state index contributed by atoms with van der Waals surface area (Å²) in [4.78, 5) is 44.0. The molecule has 3 rings (SSSR count). The first-order valence-corrected chi connectivity index (χ1v) is 12.2. The topological polar surface area (TPSA) is 169 Å².